The molecular formula is C17H24ClNO2. The molecule has 2 heterocycles. The number of rotatable bonds is 2. The molecular weight excluding hydrogens is 286 g/mol. The van der Waals surface area contributed by atoms with Gasteiger partial charge in [0.15, 0.2) is 0 Å². The first kappa shape index (κ1) is 15.1. The molecule has 1 spiro atoms. The molecule has 4 heteroatoms. The van der Waals surface area contributed by atoms with E-state index in [0.29, 0.717) is 11.4 Å². The van der Waals surface area contributed by atoms with Crippen LogP contribution in [0, 0.1) is 0 Å². The molecule has 0 amide bonds. The Morgan fingerprint density at radius 1 is 1.38 bits per heavy atom. The van der Waals surface area contributed by atoms with E-state index in [2.05, 4.69) is 11.8 Å². The molecule has 21 heavy (non-hydrogen) atoms. The molecule has 1 aromatic rings. The van der Waals surface area contributed by atoms with Gasteiger partial charge in [-0.05, 0) is 57.0 Å². The highest BCUT2D eigenvalue weighted by atomic mass is 35.5. The minimum Gasteiger partial charge on any atom is -0.487 e. The summed E-state index contributed by atoms with van der Waals surface area (Å²) >= 11 is 6.03. The van der Waals surface area contributed by atoms with Crippen LogP contribution in [0.3, 0.4) is 0 Å². The zero-order chi connectivity index (χ0) is 14.9. The van der Waals surface area contributed by atoms with Gasteiger partial charge in [-0.25, -0.2) is 0 Å². The molecule has 1 fully saturated rings. The fraction of sp³-hybridized carbons (Fsp3) is 0.647. The summed E-state index contributed by atoms with van der Waals surface area (Å²) in [6, 6.07) is 5.57. The van der Waals surface area contributed by atoms with Crippen molar-refractivity contribution in [2.24, 2.45) is 0 Å². The summed E-state index contributed by atoms with van der Waals surface area (Å²) in [7, 11) is 0. The van der Waals surface area contributed by atoms with Gasteiger partial charge in [-0.2, -0.15) is 0 Å². The topological polar surface area (TPSA) is 32.7 Å². The maximum Gasteiger partial charge on any atom is 0.126 e. The average molecular weight is 310 g/mol. The normalized spacial score (nSPS) is 29.8. The first-order valence-electron chi connectivity index (χ1n) is 8.01. The van der Waals surface area contributed by atoms with E-state index in [0.717, 1.165) is 50.2 Å². The Morgan fingerprint density at radius 3 is 3.05 bits per heavy atom. The SMILES string of the molecule is CCCN1CCCC2(CC1)C[C@@H](O)c1cc(Cl)ccc1O2. The lowest BCUT2D eigenvalue weighted by Crippen LogP contribution is -2.42. The molecule has 2 atom stereocenters. The van der Waals surface area contributed by atoms with Crippen LogP contribution in [0.25, 0.3) is 0 Å². The van der Waals surface area contributed by atoms with E-state index in [4.69, 9.17) is 16.3 Å². The molecule has 0 saturated carbocycles. The molecule has 2 aliphatic rings. The summed E-state index contributed by atoms with van der Waals surface area (Å²) in [5, 5.41) is 11.2. The lowest BCUT2D eigenvalue weighted by Gasteiger charge is -2.40. The van der Waals surface area contributed by atoms with E-state index in [1.54, 1.807) is 0 Å². The second-order valence-corrected chi connectivity index (χ2v) is 6.82. The predicted octanol–water partition coefficient (Wildman–Crippen LogP) is 3.79. The second kappa shape index (κ2) is 6.15. The fourth-order valence-electron chi connectivity index (χ4n) is 3.68. The molecule has 0 radical (unpaired) electrons. The number of aliphatic hydroxyl groups excluding tert-OH is 1. The third-order valence-corrected chi connectivity index (χ3v) is 4.99. The minimum atomic E-state index is -0.467. The molecule has 2 aliphatic heterocycles. The van der Waals surface area contributed by atoms with Gasteiger partial charge in [-0.1, -0.05) is 18.5 Å². The van der Waals surface area contributed by atoms with Crippen molar-refractivity contribution >= 4 is 11.6 Å². The molecule has 0 aromatic heterocycles. The molecule has 1 saturated heterocycles. The van der Waals surface area contributed by atoms with E-state index in [9.17, 15) is 5.11 Å². The van der Waals surface area contributed by atoms with Crippen LogP contribution in [0.1, 0.15) is 50.7 Å². The first-order valence-corrected chi connectivity index (χ1v) is 8.38. The van der Waals surface area contributed by atoms with Crippen LogP contribution in [-0.2, 0) is 0 Å². The number of hydrogen-bond acceptors (Lipinski definition) is 3. The van der Waals surface area contributed by atoms with Gasteiger partial charge in [0.25, 0.3) is 0 Å². The van der Waals surface area contributed by atoms with Gasteiger partial charge >= 0.3 is 0 Å². The summed E-state index contributed by atoms with van der Waals surface area (Å²) in [4.78, 5) is 2.52. The Morgan fingerprint density at radius 2 is 2.24 bits per heavy atom. The number of halogens is 1. The number of aliphatic hydroxyl groups is 1. The molecule has 1 N–H and O–H groups in total. The zero-order valence-electron chi connectivity index (χ0n) is 12.6. The van der Waals surface area contributed by atoms with Crippen molar-refractivity contribution in [2.75, 3.05) is 19.6 Å². The molecule has 0 bridgehead atoms. The molecule has 1 unspecified atom stereocenters. The highest BCUT2D eigenvalue weighted by molar-refractivity contribution is 6.30. The Bertz CT molecular complexity index is 508. The van der Waals surface area contributed by atoms with Gasteiger partial charge in [0, 0.05) is 23.6 Å². The Balaban J connectivity index is 1.79. The smallest absolute Gasteiger partial charge is 0.126 e. The van der Waals surface area contributed by atoms with E-state index >= 15 is 0 Å². The van der Waals surface area contributed by atoms with Gasteiger partial charge < -0.3 is 14.7 Å². The highest BCUT2D eigenvalue weighted by Gasteiger charge is 2.41. The number of likely N-dealkylation sites (tertiary alicyclic amines) is 1. The van der Waals surface area contributed by atoms with Crippen LogP contribution in [0.5, 0.6) is 5.75 Å². The first-order chi connectivity index (χ1) is 10.1. The van der Waals surface area contributed by atoms with E-state index in [1.165, 1.54) is 6.42 Å². The summed E-state index contributed by atoms with van der Waals surface area (Å²) < 4.78 is 6.35. The van der Waals surface area contributed by atoms with Crippen molar-refractivity contribution in [3.05, 3.63) is 28.8 Å². The Kier molecular flexibility index (Phi) is 4.43. The maximum atomic E-state index is 10.5. The Labute approximate surface area is 131 Å². The van der Waals surface area contributed by atoms with Gasteiger partial charge in [-0.3, -0.25) is 0 Å². The number of hydrogen-bond donors (Lipinski definition) is 1. The average Bonchev–Trinajstić information content (AvgIpc) is 2.64. The van der Waals surface area contributed by atoms with Crippen LogP contribution in [0.15, 0.2) is 18.2 Å². The highest BCUT2D eigenvalue weighted by Crippen LogP contribution is 2.44. The van der Waals surface area contributed by atoms with Crippen molar-refractivity contribution in [1.82, 2.24) is 4.90 Å². The third-order valence-electron chi connectivity index (χ3n) is 4.75. The second-order valence-electron chi connectivity index (χ2n) is 6.38. The third kappa shape index (κ3) is 3.20. The summed E-state index contributed by atoms with van der Waals surface area (Å²) in [5.74, 6) is 0.807. The standard InChI is InChI=1S/C17H24ClNO2/c1-2-8-19-9-3-6-17(7-10-19)12-15(20)14-11-13(18)4-5-16(14)21-17/h4-5,11,15,20H,2-3,6-10,12H2,1H3/t15-,17?/m1/s1. The number of fused-ring (bicyclic) bond motifs is 1. The lowest BCUT2D eigenvalue weighted by molar-refractivity contribution is -0.0238. The van der Waals surface area contributed by atoms with Crippen molar-refractivity contribution in [3.63, 3.8) is 0 Å². The summed E-state index contributed by atoms with van der Waals surface area (Å²) in [6.07, 6.45) is 4.55. The molecule has 3 nitrogen and oxygen atoms in total. The maximum absolute atomic E-state index is 10.5. The monoisotopic (exact) mass is 309 g/mol. The van der Waals surface area contributed by atoms with Crippen molar-refractivity contribution in [2.45, 2.75) is 50.7 Å². The predicted molar refractivity (Wildman–Crippen MR) is 85.0 cm³/mol. The molecule has 1 aromatic carbocycles. The van der Waals surface area contributed by atoms with Crippen molar-refractivity contribution in [1.29, 1.82) is 0 Å². The summed E-state index contributed by atoms with van der Waals surface area (Å²) in [5.41, 5.74) is 0.630. The van der Waals surface area contributed by atoms with Crippen LogP contribution in [0.4, 0.5) is 0 Å². The Hall–Kier alpha value is -0.770. The molecule has 0 aliphatic carbocycles. The van der Waals surface area contributed by atoms with Crippen molar-refractivity contribution in [3.8, 4) is 5.75 Å². The molecule has 116 valence electrons. The van der Waals surface area contributed by atoms with Crippen molar-refractivity contribution < 1.29 is 9.84 Å². The van der Waals surface area contributed by atoms with E-state index < -0.39 is 6.10 Å². The quantitative estimate of drug-likeness (QED) is 0.902. The van der Waals surface area contributed by atoms with Crippen LogP contribution >= 0.6 is 11.6 Å². The molecule has 3 rings (SSSR count). The number of ether oxygens (including phenoxy) is 1. The minimum absolute atomic E-state index is 0.206. The van der Waals surface area contributed by atoms with E-state index in [-0.39, 0.29) is 5.60 Å². The van der Waals surface area contributed by atoms with Gasteiger partial charge in [-0.15, -0.1) is 0 Å². The zero-order valence-corrected chi connectivity index (χ0v) is 13.4. The van der Waals surface area contributed by atoms with E-state index in [1.807, 2.05) is 18.2 Å². The summed E-state index contributed by atoms with van der Waals surface area (Å²) in [6.45, 7) is 5.58. The van der Waals surface area contributed by atoms with Gasteiger partial charge in [0.2, 0.25) is 0 Å². The van der Waals surface area contributed by atoms with Crippen LogP contribution in [0.2, 0.25) is 5.02 Å². The lowest BCUT2D eigenvalue weighted by atomic mass is 9.83. The van der Waals surface area contributed by atoms with Gasteiger partial charge in [0.05, 0.1) is 6.10 Å². The largest absolute Gasteiger partial charge is 0.487 e. The van der Waals surface area contributed by atoms with Gasteiger partial charge in [0.1, 0.15) is 11.4 Å². The van der Waals surface area contributed by atoms with Crippen LogP contribution in [-0.4, -0.2) is 35.2 Å². The van der Waals surface area contributed by atoms with Crippen LogP contribution < -0.4 is 4.74 Å². The number of nitrogens with zero attached hydrogens (tertiary/aromatic N) is 1. The fourth-order valence-corrected chi connectivity index (χ4v) is 3.86. The number of benzene rings is 1.